The molecule has 0 aliphatic carbocycles. The number of carbonyl (C=O) groups is 1. The molecule has 118 valence electrons. The molecule has 1 fully saturated rings. The first-order chi connectivity index (χ1) is 11.3. The van der Waals surface area contributed by atoms with Crippen LogP contribution in [0.4, 0.5) is 0 Å². The molecule has 3 heterocycles. The highest BCUT2D eigenvalue weighted by atomic mass is 16.7. The lowest BCUT2D eigenvalue weighted by atomic mass is 9.98. The Bertz CT molecular complexity index is 735. The summed E-state index contributed by atoms with van der Waals surface area (Å²) in [6.07, 6.45) is 5.83. The van der Waals surface area contributed by atoms with Crippen molar-refractivity contribution in [3.05, 3.63) is 54.0 Å². The van der Waals surface area contributed by atoms with Crippen LogP contribution in [-0.2, 0) is 4.79 Å². The van der Waals surface area contributed by atoms with Gasteiger partial charge in [0.2, 0.25) is 12.7 Å². The lowest BCUT2D eigenvalue weighted by Crippen LogP contribution is -2.26. The van der Waals surface area contributed by atoms with E-state index in [4.69, 9.17) is 13.9 Å². The van der Waals surface area contributed by atoms with Crippen molar-refractivity contribution in [3.8, 4) is 11.5 Å². The van der Waals surface area contributed by atoms with E-state index in [1.165, 1.54) is 5.56 Å². The summed E-state index contributed by atoms with van der Waals surface area (Å²) in [6, 6.07) is 9.66. The zero-order valence-corrected chi connectivity index (χ0v) is 12.6. The standard InChI is InChI=1S/C18H17NO4/c20-18(6-4-15-2-1-9-21-15)19-8-7-14(11-19)13-3-5-16-17(10-13)23-12-22-16/h1-6,9-10,14H,7-8,11-12H2. The average molecular weight is 311 g/mol. The van der Waals surface area contributed by atoms with Crippen LogP contribution in [0, 0.1) is 0 Å². The molecular weight excluding hydrogens is 294 g/mol. The van der Waals surface area contributed by atoms with Crippen LogP contribution in [0.5, 0.6) is 11.5 Å². The minimum atomic E-state index is 0.0182. The lowest BCUT2D eigenvalue weighted by Gasteiger charge is -2.14. The smallest absolute Gasteiger partial charge is 0.246 e. The van der Waals surface area contributed by atoms with E-state index in [2.05, 4.69) is 6.07 Å². The van der Waals surface area contributed by atoms with E-state index < -0.39 is 0 Å². The Hall–Kier alpha value is -2.69. The Morgan fingerprint density at radius 2 is 2.13 bits per heavy atom. The molecule has 5 heteroatoms. The Kier molecular flexibility index (Phi) is 3.54. The summed E-state index contributed by atoms with van der Waals surface area (Å²) in [5.74, 6) is 2.63. The van der Waals surface area contributed by atoms with Gasteiger partial charge >= 0.3 is 0 Å². The van der Waals surface area contributed by atoms with Gasteiger partial charge in [0, 0.05) is 25.1 Å². The molecule has 1 aromatic heterocycles. The van der Waals surface area contributed by atoms with Crippen molar-refractivity contribution in [1.82, 2.24) is 4.90 Å². The van der Waals surface area contributed by atoms with E-state index in [0.717, 1.165) is 31.0 Å². The summed E-state index contributed by atoms with van der Waals surface area (Å²) in [5, 5.41) is 0. The maximum atomic E-state index is 12.3. The third-order valence-electron chi connectivity index (χ3n) is 4.30. The first-order valence-corrected chi connectivity index (χ1v) is 7.69. The normalized spacial score (nSPS) is 19.7. The van der Waals surface area contributed by atoms with Crippen molar-refractivity contribution in [2.24, 2.45) is 0 Å². The summed E-state index contributed by atoms with van der Waals surface area (Å²) in [5.41, 5.74) is 1.19. The summed E-state index contributed by atoms with van der Waals surface area (Å²) in [7, 11) is 0. The van der Waals surface area contributed by atoms with Crippen LogP contribution in [0.2, 0.25) is 0 Å². The molecule has 23 heavy (non-hydrogen) atoms. The Morgan fingerprint density at radius 3 is 3.00 bits per heavy atom. The van der Waals surface area contributed by atoms with Gasteiger partial charge in [0.05, 0.1) is 6.26 Å². The second-order valence-corrected chi connectivity index (χ2v) is 5.73. The SMILES string of the molecule is O=C(C=Cc1ccco1)N1CCC(c2ccc3c(c2)OCO3)C1. The highest BCUT2D eigenvalue weighted by molar-refractivity contribution is 5.91. The highest BCUT2D eigenvalue weighted by Crippen LogP contribution is 2.37. The van der Waals surface area contributed by atoms with E-state index in [1.807, 2.05) is 23.1 Å². The minimum absolute atomic E-state index is 0.0182. The molecule has 1 unspecified atom stereocenters. The Morgan fingerprint density at radius 1 is 1.22 bits per heavy atom. The largest absolute Gasteiger partial charge is 0.465 e. The number of rotatable bonds is 3. The number of ether oxygens (including phenoxy) is 2. The number of benzene rings is 1. The summed E-state index contributed by atoms with van der Waals surface area (Å²) >= 11 is 0. The number of hydrogen-bond donors (Lipinski definition) is 0. The van der Waals surface area contributed by atoms with E-state index in [1.54, 1.807) is 24.5 Å². The molecule has 2 aromatic rings. The van der Waals surface area contributed by atoms with Crippen LogP contribution in [0.15, 0.2) is 47.1 Å². The van der Waals surface area contributed by atoms with E-state index in [0.29, 0.717) is 11.7 Å². The Labute approximate surface area is 134 Å². The molecule has 0 radical (unpaired) electrons. The Balaban J connectivity index is 1.41. The number of furan rings is 1. The molecule has 0 bridgehead atoms. The van der Waals surface area contributed by atoms with Crippen molar-refractivity contribution < 1.29 is 18.7 Å². The van der Waals surface area contributed by atoms with Gasteiger partial charge in [-0.15, -0.1) is 0 Å². The van der Waals surface area contributed by atoms with Crippen molar-refractivity contribution in [1.29, 1.82) is 0 Å². The molecule has 2 aliphatic rings. The van der Waals surface area contributed by atoms with Crippen molar-refractivity contribution in [3.63, 3.8) is 0 Å². The van der Waals surface area contributed by atoms with Crippen LogP contribution in [0.1, 0.15) is 23.7 Å². The summed E-state index contributed by atoms with van der Waals surface area (Å²) < 4.78 is 16.0. The molecule has 0 saturated carbocycles. The number of likely N-dealkylation sites (tertiary alicyclic amines) is 1. The van der Waals surface area contributed by atoms with Gasteiger partial charge in [-0.05, 0) is 42.3 Å². The molecule has 4 rings (SSSR count). The number of fused-ring (bicyclic) bond motifs is 1. The maximum Gasteiger partial charge on any atom is 0.246 e. The van der Waals surface area contributed by atoms with Gasteiger partial charge in [-0.2, -0.15) is 0 Å². The third kappa shape index (κ3) is 2.82. The van der Waals surface area contributed by atoms with E-state index in [9.17, 15) is 4.79 Å². The third-order valence-corrected chi connectivity index (χ3v) is 4.30. The average Bonchev–Trinajstić information content (AvgIpc) is 3.32. The van der Waals surface area contributed by atoms with Crippen molar-refractivity contribution >= 4 is 12.0 Å². The molecule has 5 nitrogen and oxygen atoms in total. The predicted octanol–water partition coefficient (Wildman–Crippen LogP) is 3.04. The van der Waals surface area contributed by atoms with Crippen molar-refractivity contribution in [2.75, 3.05) is 19.9 Å². The fourth-order valence-corrected chi connectivity index (χ4v) is 3.04. The summed E-state index contributed by atoms with van der Waals surface area (Å²) in [4.78, 5) is 14.1. The quantitative estimate of drug-likeness (QED) is 0.818. The second kappa shape index (κ2) is 5.83. The van der Waals surface area contributed by atoms with E-state index in [-0.39, 0.29) is 12.7 Å². The molecule has 1 atom stereocenters. The van der Waals surface area contributed by atoms with Crippen LogP contribution in [0.25, 0.3) is 6.08 Å². The molecule has 2 aliphatic heterocycles. The fourth-order valence-electron chi connectivity index (χ4n) is 3.04. The zero-order valence-electron chi connectivity index (χ0n) is 12.6. The lowest BCUT2D eigenvalue weighted by molar-refractivity contribution is -0.124. The molecule has 0 N–H and O–H groups in total. The van der Waals surface area contributed by atoms with Gasteiger partial charge in [-0.25, -0.2) is 0 Å². The molecule has 1 saturated heterocycles. The van der Waals surface area contributed by atoms with Crippen LogP contribution in [-0.4, -0.2) is 30.7 Å². The molecule has 0 spiro atoms. The van der Waals surface area contributed by atoms with Gasteiger partial charge in [0.1, 0.15) is 5.76 Å². The van der Waals surface area contributed by atoms with Gasteiger partial charge < -0.3 is 18.8 Å². The summed E-state index contributed by atoms with van der Waals surface area (Å²) in [6.45, 7) is 1.77. The van der Waals surface area contributed by atoms with Gasteiger partial charge in [0.25, 0.3) is 0 Å². The highest BCUT2D eigenvalue weighted by Gasteiger charge is 2.27. The number of amides is 1. The first-order valence-electron chi connectivity index (χ1n) is 7.69. The van der Waals surface area contributed by atoms with Gasteiger partial charge in [-0.3, -0.25) is 4.79 Å². The zero-order chi connectivity index (χ0) is 15.6. The maximum absolute atomic E-state index is 12.3. The van der Waals surface area contributed by atoms with E-state index >= 15 is 0 Å². The number of nitrogens with zero attached hydrogens (tertiary/aromatic N) is 1. The van der Waals surface area contributed by atoms with Crippen LogP contribution >= 0.6 is 0 Å². The number of carbonyl (C=O) groups excluding carboxylic acids is 1. The number of hydrogen-bond acceptors (Lipinski definition) is 4. The molecular formula is C18H17NO4. The second-order valence-electron chi connectivity index (χ2n) is 5.73. The van der Waals surface area contributed by atoms with Crippen LogP contribution < -0.4 is 9.47 Å². The first kappa shape index (κ1) is 13.9. The fraction of sp³-hybridized carbons (Fsp3) is 0.278. The van der Waals surface area contributed by atoms with Crippen LogP contribution in [0.3, 0.4) is 0 Å². The molecule has 1 aromatic carbocycles. The predicted molar refractivity (Wildman–Crippen MR) is 84.2 cm³/mol. The molecule has 1 amide bonds. The van der Waals surface area contributed by atoms with Gasteiger partial charge in [0.15, 0.2) is 11.5 Å². The topological polar surface area (TPSA) is 51.9 Å². The van der Waals surface area contributed by atoms with Gasteiger partial charge in [-0.1, -0.05) is 6.07 Å². The minimum Gasteiger partial charge on any atom is -0.465 e. The monoisotopic (exact) mass is 311 g/mol. The van der Waals surface area contributed by atoms with Crippen molar-refractivity contribution in [2.45, 2.75) is 12.3 Å².